The van der Waals surface area contributed by atoms with Crippen molar-refractivity contribution >= 4 is 5.71 Å². The third-order valence-corrected chi connectivity index (χ3v) is 1.78. The second-order valence-corrected chi connectivity index (χ2v) is 2.56. The largest absolute Gasteiger partial charge is 0.486 e. The van der Waals surface area contributed by atoms with Gasteiger partial charge < -0.3 is 15.4 Å². The van der Waals surface area contributed by atoms with Crippen molar-refractivity contribution < 1.29 is 4.74 Å². The molecule has 60 valence electrons. The molecule has 11 heavy (non-hydrogen) atoms. The number of nitrogens with zero attached hydrogens (tertiary/aromatic N) is 1. The van der Waals surface area contributed by atoms with Crippen molar-refractivity contribution in [3.63, 3.8) is 0 Å². The maximum Gasteiger partial charge on any atom is 0.180 e. The van der Waals surface area contributed by atoms with Gasteiger partial charge in [-0.2, -0.15) is 0 Å². The summed E-state index contributed by atoms with van der Waals surface area (Å²) in [5.41, 5.74) is 0.978. The molecule has 0 aromatic heterocycles. The van der Waals surface area contributed by atoms with Gasteiger partial charge in [0.2, 0.25) is 0 Å². The van der Waals surface area contributed by atoms with E-state index in [0.29, 0.717) is 6.67 Å². The number of aliphatic imine (C=N–C) groups is 1. The summed E-state index contributed by atoms with van der Waals surface area (Å²) in [5.74, 6) is 1.87. The summed E-state index contributed by atoms with van der Waals surface area (Å²) in [7, 11) is 0. The summed E-state index contributed by atoms with van der Waals surface area (Å²) in [6.45, 7) is 4.22. The lowest BCUT2D eigenvalue weighted by Gasteiger charge is -2.26. The number of nitrogens with one attached hydrogen (secondary N) is 2. The number of hydrogen-bond donors (Lipinski definition) is 2. The average Bonchev–Trinajstić information content (AvgIpc) is 2.06. The van der Waals surface area contributed by atoms with E-state index in [1.807, 2.05) is 6.92 Å². The first-order chi connectivity index (χ1) is 5.38. The Bertz CT molecular complexity index is 232. The second-order valence-electron chi connectivity index (χ2n) is 2.56. The van der Waals surface area contributed by atoms with Crippen LogP contribution in [0.3, 0.4) is 0 Å². The van der Waals surface area contributed by atoms with Crippen LogP contribution in [-0.2, 0) is 4.74 Å². The maximum atomic E-state index is 5.42. The van der Waals surface area contributed by atoms with Gasteiger partial charge in [0, 0.05) is 0 Å². The highest BCUT2D eigenvalue weighted by atomic mass is 16.5. The minimum absolute atomic E-state index is 0.654. The lowest BCUT2D eigenvalue weighted by Crippen LogP contribution is -2.39. The summed E-state index contributed by atoms with van der Waals surface area (Å²) in [4.78, 5) is 4.20. The zero-order chi connectivity index (χ0) is 7.68. The molecule has 0 saturated heterocycles. The Morgan fingerprint density at radius 2 is 2.36 bits per heavy atom. The van der Waals surface area contributed by atoms with Crippen LogP contribution in [0.15, 0.2) is 16.6 Å². The molecule has 0 aromatic carbocycles. The summed E-state index contributed by atoms with van der Waals surface area (Å²) in [6.07, 6.45) is 0. The predicted octanol–water partition coefficient (Wildman–Crippen LogP) is -0.203. The Kier molecular flexibility index (Phi) is 1.45. The molecule has 0 aliphatic carbocycles. The van der Waals surface area contributed by atoms with Gasteiger partial charge in [-0.25, -0.2) is 0 Å². The summed E-state index contributed by atoms with van der Waals surface area (Å²) >= 11 is 0. The minimum Gasteiger partial charge on any atom is -0.486 e. The normalized spacial score (nSPS) is 22.5. The highest BCUT2D eigenvalue weighted by Crippen LogP contribution is 2.11. The van der Waals surface area contributed by atoms with Crippen molar-refractivity contribution in [2.45, 2.75) is 6.92 Å². The first-order valence-corrected chi connectivity index (χ1v) is 3.74. The van der Waals surface area contributed by atoms with Crippen molar-refractivity contribution in [1.82, 2.24) is 10.6 Å². The van der Waals surface area contributed by atoms with Crippen LogP contribution in [0.1, 0.15) is 6.92 Å². The molecule has 4 nitrogen and oxygen atoms in total. The van der Waals surface area contributed by atoms with Crippen molar-refractivity contribution in [1.29, 1.82) is 0 Å². The Hall–Kier alpha value is -1.19. The highest BCUT2D eigenvalue weighted by Gasteiger charge is 2.18. The number of ether oxygens (including phenoxy) is 1. The maximum absolute atomic E-state index is 5.42. The molecule has 0 saturated carbocycles. The van der Waals surface area contributed by atoms with Crippen LogP contribution >= 0.6 is 0 Å². The van der Waals surface area contributed by atoms with E-state index in [2.05, 4.69) is 15.6 Å². The van der Waals surface area contributed by atoms with Gasteiger partial charge in [-0.05, 0) is 6.92 Å². The smallest absolute Gasteiger partial charge is 0.180 e. The molecule has 0 unspecified atom stereocenters. The number of rotatable bonds is 0. The zero-order valence-corrected chi connectivity index (χ0v) is 6.48. The predicted molar refractivity (Wildman–Crippen MR) is 42.1 cm³/mol. The van der Waals surface area contributed by atoms with Gasteiger partial charge in [-0.3, -0.25) is 4.99 Å². The van der Waals surface area contributed by atoms with E-state index >= 15 is 0 Å². The Morgan fingerprint density at radius 3 is 3.18 bits per heavy atom. The molecular weight excluding hydrogens is 142 g/mol. The van der Waals surface area contributed by atoms with Crippen LogP contribution in [0.2, 0.25) is 0 Å². The van der Waals surface area contributed by atoms with Crippen LogP contribution in [0, 0.1) is 0 Å². The van der Waals surface area contributed by atoms with E-state index in [-0.39, 0.29) is 0 Å². The second kappa shape index (κ2) is 2.45. The van der Waals surface area contributed by atoms with E-state index in [1.54, 1.807) is 0 Å². The standard InChI is InChI=1S/C7H11N3O/c1-5-6-7(10-4-9-5)8-2-3-11-6/h8,10H,2-4H2,1H3. The van der Waals surface area contributed by atoms with E-state index < -0.39 is 0 Å². The Labute approximate surface area is 65.3 Å². The third-order valence-electron chi connectivity index (χ3n) is 1.78. The SMILES string of the molecule is CC1=NCNC2=C1OCCN2. The van der Waals surface area contributed by atoms with E-state index in [1.165, 1.54) is 0 Å². The van der Waals surface area contributed by atoms with Gasteiger partial charge >= 0.3 is 0 Å². The molecule has 2 heterocycles. The van der Waals surface area contributed by atoms with Gasteiger partial charge in [-0.15, -0.1) is 0 Å². The van der Waals surface area contributed by atoms with Crippen molar-refractivity contribution in [2.24, 2.45) is 4.99 Å². The van der Waals surface area contributed by atoms with Gasteiger partial charge in [0.05, 0.1) is 12.3 Å². The lowest BCUT2D eigenvalue weighted by molar-refractivity contribution is 0.203. The first-order valence-electron chi connectivity index (χ1n) is 3.74. The molecule has 2 N–H and O–H groups in total. The number of hydrogen-bond acceptors (Lipinski definition) is 4. The molecule has 0 atom stereocenters. The van der Waals surface area contributed by atoms with Gasteiger partial charge in [-0.1, -0.05) is 0 Å². The topological polar surface area (TPSA) is 45.7 Å². The third kappa shape index (κ3) is 1.04. The highest BCUT2D eigenvalue weighted by molar-refractivity contribution is 5.97. The van der Waals surface area contributed by atoms with Gasteiger partial charge in [0.15, 0.2) is 5.76 Å². The Morgan fingerprint density at radius 1 is 1.45 bits per heavy atom. The van der Waals surface area contributed by atoms with Crippen LogP contribution in [0.25, 0.3) is 0 Å². The molecule has 4 heteroatoms. The molecule has 2 aliphatic heterocycles. The van der Waals surface area contributed by atoms with E-state index in [4.69, 9.17) is 4.74 Å². The van der Waals surface area contributed by atoms with Crippen LogP contribution in [0.5, 0.6) is 0 Å². The molecule has 2 aliphatic rings. The molecule has 0 amide bonds. The molecule has 0 bridgehead atoms. The molecular formula is C7H11N3O. The zero-order valence-electron chi connectivity index (χ0n) is 6.48. The fourth-order valence-electron chi connectivity index (χ4n) is 1.22. The summed E-state index contributed by atoms with van der Waals surface area (Å²) < 4.78 is 5.42. The van der Waals surface area contributed by atoms with E-state index in [9.17, 15) is 0 Å². The van der Waals surface area contributed by atoms with Crippen molar-refractivity contribution in [2.75, 3.05) is 19.8 Å². The summed E-state index contributed by atoms with van der Waals surface area (Å²) in [5, 5.41) is 6.32. The summed E-state index contributed by atoms with van der Waals surface area (Å²) in [6, 6.07) is 0. The van der Waals surface area contributed by atoms with Crippen LogP contribution in [0.4, 0.5) is 0 Å². The van der Waals surface area contributed by atoms with Gasteiger partial charge in [0.25, 0.3) is 0 Å². The van der Waals surface area contributed by atoms with Crippen molar-refractivity contribution in [3.8, 4) is 0 Å². The van der Waals surface area contributed by atoms with Crippen LogP contribution < -0.4 is 10.6 Å². The minimum atomic E-state index is 0.654. The Balaban J connectivity index is 2.29. The first kappa shape index (κ1) is 6.52. The fourth-order valence-corrected chi connectivity index (χ4v) is 1.22. The number of allylic oxidation sites excluding steroid dienone is 1. The molecule has 0 fully saturated rings. The monoisotopic (exact) mass is 153 g/mol. The quantitative estimate of drug-likeness (QED) is 0.506. The molecule has 0 spiro atoms. The average molecular weight is 153 g/mol. The fraction of sp³-hybridized carbons (Fsp3) is 0.571. The van der Waals surface area contributed by atoms with Crippen LogP contribution in [-0.4, -0.2) is 25.5 Å². The molecule has 0 aromatic rings. The van der Waals surface area contributed by atoms with E-state index in [0.717, 1.165) is 30.4 Å². The molecule has 0 radical (unpaired) electrons. The van der Waals surface area contributed by atoms with Crippen molar-refractivity contribution in [3.05, 3.63) is 11.6 Å². The lowest BCUT2D eigenvalue weighted by atomic mass is 10.3. The van der Waals surface area contributed by atoms with Gasteiger partial charge in [0.1, 0.15) is 19.1 Å². The molecule has 2 rings (SSSR count).